The van der Waals surface area contributed by atoms with Crippen molar-refractivity contribution in [2.75, 3.05) is 20.3 Å². The van der Waals surface area contributed by atoms with Gasteiger partial charge in [0.15, 0.2) is 0 Å². The van der Waals surface area contributed by atoms with Gasteiger partial charge in [0.05, 0.1) is 53.4 Å². The van der Waals surface area contributed by atoms with E-state index in [1.54, 1.807) is 7.11 Å². The Morgan fingerprint density at radius 1 is 0.789 bits per heavy atom. The molecule has 0 fully saturated rings. The summed E-state index contributed by atoms with van der Waals surface area (Å²) in [6.45, 7) is 3.05. The van der Waals surface area contributed by atoms with Gasteiger partial charge in [-0.25, -0.2) is 15.0 Å². The van der Waals surface area contributed by atoms with Gasteiger partial charge in [-0.2, -0.15) is 0 Å². The molecule has 0 bridgehead atoms. The van der Waals surface area contributed by atoms with Crippen molar-refractivity contribution in [3.05, 3.63) is 70.6 Å². The van der Waals surface area contributed by atoms with Crippen molar-refractivity contribution in [2.24, 2.45) is 7.05 Å². The number of fused-ring (bicyclic) bond motifs is 3. The molecule has 0 aromatic carbocycles. The molecule has 0 spiro atoms. The van der Waals surface area contributed by atoms with Crippen molar-refractivity contribution in [3.63, 3.8) is 0 Å². The van der Waals surface area contributed by atoms with Crippen LogP contribution in [0.25, 0.3) is 33.1 Å². The largest absolute Gasteiger partial charge is 0.480 e. The van der Waals surface area contributed by atoms with Crippen LogP contribution in [0.4, 0.5) is 0 Å². The van der Waals surface area contributed by atoms with E-state index in [0.717, 1.165) is 44.5 Å². The van der Waals surface area contributed by atoms with Gasteiger partial charge in [0.1, 0.15) is 5.02 Å². The maximum absolute atomic E-state index is 6.17. The van der Waals surface area contributed by atoms with Gasteiger partial charge in [-0.1, -0.05) is 11.6 Å². The first-order chi connectivity index (χ1) is 18.5. The van der Waals surface area contributed by atoms with E-state index >= 15 is 0 Å². The van der Waals surface area contributed by atoms with Gasteiger partial charge in [0, 0.05) is 49.1 Å². The molecular formula is C28H27ClN6O3. The van der Waals surface area contributed by atoms with E-state index in [-0.39, 0.29) is 0 Å². The quantitative estimate of drug-likeness (QED) is 0.254. The lowest BCUT2D eigenvalue weighted by atomic mass is 10.3. The predicted molar refractivity (Wildman–Crippen MR) is 148 cm³/mol. The summed E-state index contributed by atoms with van der Waals surface area (Å²) in [6, 6.07) is 15.7. The van der Waals surface area contributed by atoms with E-state index in [9.17, 15) is 0 Å². The zero-order valence-corrected chi connectivity index (χ0v) is 22.1. The van der Waals surface area contributed by atoms with Crippen LogP contribution in [0.3, 0.4) is 0 Å². The van der Waals surface area contributed by atoms with Gasteiger partial charge in [0.25, 0.3) is 0 Å². The topological polar surface area (TPSA) is 103 Å². The van der Waals surface area contributed by atoms with Crippen LogP contribution in [0.1, 0.15) is 17.1 Å². The Morgan fingerprint density at radius 2 is 1.42 bits per heavy atom. The number of nitrogens with zero attached hydrogens (tertiary/aromatic N) is 4. The highest BCUT2D eigenvalue weighted by atomic mass is 35.5. The van der Waals surface area contributed by atoms with Gasteiger partial charge in [-0.05, 0) is 43.3 Å². The zero-order valence-electron chi connectivity index (χ0n) is 21.3. The Balaban J connectivity index is 1.05. The average molecular weight is 531 g/mol. The zero-order chi connectivity index (χ0) is 26.2. The lowest BCUT2D eigenvalue weighted by Gasteiger charge is -2.05. The fourth-order valence-electron chi connectivity index (χ4n) is 4.54. The Labute approximate surface area is 223 Å². The summed E-state index contributed by atoms with van der Waals surface area (Å²) in [5.74, 6) is 1.62. The molecule has 9 nitrogen and oxygen atoms in total. The van der Waals surface area contributed by atoms with Crippen molar-refractivity contribution < 1.29 is 14.2 Å². The number of hydrogen-bond acceptors (Lipinski definition) is 6. The molecule has 6 rings (SSSR count). The van der Waals surface area contributed by atoms with Crippen molar-refractivity contribution in [1.29, 1.82) is 0 Å². The maximum atomic E-state index is 6.17. The number of aromatic amines is 2. The monoisotopic (exact) mass is 530 g/mol. The number of H-pyrrole nitrogens is 2. The molecule has 0 radical (unpaired) electrons. The van der Waals surface area contributed by atoms with Crippen LogP contribution in [-0.2, 0) is 19.9 Å². The maximum Gasteiger partial charge on any atom is 0.233 e. The molecule has 6 aromatic heterocycles. The summed E-state index contributed by atoms with van der Waals surface area (Å²) in [4.78, 5) is 20.4. The number of rotatable bonds is 9. The fraction of sp³-hybridized carbons (Fsp3) is 0.250. The number of aryl methyl sites for hydroxylation is 2. The number of hydrogen-bond donors (Lipinski definition) is 2. The van der Waals surface area contributed by atoms with E-state index in [1.165, 1.54) is 5.69 Å². The highest BCUT2D eigenvalue weighted by Gasteiger charge is 2.10. The molecule has 10 heteroatoms. The van der Waals surface area contributed by atoms with Crippen molar-refractivity contribution in [3.8, 4) is 17.6 Å². The molecule has 0 saturated carbocycles. The summed E-state index contributed by atoms with van der Waals surface area (Å²) in [5, 5.41) is 0.472. The van der Waals surface area contributed by atoms with Crippen molar-refractivity contribution in [1.82, 2.24) is 29.5 Å². The number of methoxy groups -OCH3 is 1. The second-order valence-corrected chi connectivity index (χ2v) is 9.59. The van der Waals surface area contributed by atoms with E-state index in [4.69, 9.17) is 25.8 Å². The third kappa shape index (κ3) is 4.72. The molecule has 0 aliphatic rings. The SMILES string of the molecule is COc1nc2cc(CCOc3ccc4[nH]c(CCOc5ccc6c(cc(C)n6C)n5)cc4n3)[nH]c2cc1Cl. The number of ether oxygens (including phenoxy) is 3. The summed E-state index contributed by atoms with van der Waals surface area (Å²) >= 11 is 6.17. The highest BCUT2D eigenvalue weighted by molar-refractivity contribution is 6.32. The second kappa shape index (κ2) is 9.90. The van der Waals surface area contributed by atoms with E-state index in [1.807, 2.05) is 49.5 Å². The van der Waals surface area contributed by atoms with Crippen LogP contribution in [-0.4, -0.2) is 49.8 Å². The Morgan fingerprint density at radius 3 is 2.13 bits per heavy atom. The van der Waals surface area contributed by atoms with Crippen LogP contribution in [0.15, 0.2) is 48.5 Å². The number of pyridine rings is 3. The highest BCUT2D eigenvalue weighted by Crippen LogP contribution is 2.27. The lowest BCUT2D eigenvalue weighted by Crippen LogP contribution is -2.02. The smallest absolute Gasteiger partial charge is 0.233 e. The molecule has 0 amide bonds. The number of halogens is 1. The van der Waals surface area contributed by atoms with Crippen molar-refractivity contribution >= 4 is 44.7 Å². The van der Waals surface area contributed by atoms with E-state index in [2.05, 4.69) is 42.5 Å². The lowest BCUT2D eigenvalue weighted by molar-refractivity contribution is 0.309. The standard InChI is InChI=1S/C28H27ClN6O3/c1-16-12-24-25(35(16)2)5-7-27(33-24)38-10-8-17-13-21-20(30-17)4-6-26(32-21)37-11-9-18-14-22-23(31-18)15-19(29)28(34-22)36-3/h4-7,12-15,30-31H,8-11H2,1-3H3. The molecule has 0 aliphatic carbocycles. The Kier molecular flexibility index (Phi) is 6.29. The van der Waals surface area contributed by atoms with Gasteiger partial charge < -0.3 is 28.7 Å². The third-order valence-electron chi connectivity index (χ3n) is 6.63. The molecule has 0 atom stereocenters. The Bertz CT molecular complexity index is 1770. The van der Waals surface area contributed by atoms with E-state index < -0.39 is 0 Å². The van der Waals surface area contributed by atoms with Gasteiger partial charge >= 0.3 is 0 Å². The minimum atomic E-state index is 0.413. The normalized spacial score (nSPS) is 11.6. The fourth-order valence-corrected chi connectivity index (χ4v) is 4.77. The number of aromatic nitrogens is 6. The Hall–Kier alpha value is -4.24. The first-order valence-corrected chi connectivity index (χ1v) is 12.7. The average Bonchev–Trinajstić information content (AvgIpc) is 3.57. The minimum Gasteiger partial charge on any atom is -0.480 e. The molecule has 6 aromatic rings. The van der Waals surface area contributed by atoms with Crippen LogP contribution in [0.5, 0.6) is 17.6 Å². The van der Waals surface area contributed by atoms with Gasteiger partial charge in [-0.15, -0.1) is 0 Å². The van der Waals surface area contributed by atoms with Gasteiger partial charge in [-0.3, -0.25) is 0 Å². The molecular weight excluding hydrogens is 504 g/mol. The first kappa shape index (κ1) is 24.1. The molecule has 6 heterocycles. The summed E-state index contributed by atoms with van der Waals surface area (Å²) in [7, 11) is 3.59. The summed E-state index contributed by atoms with van der Waals surface area (Å²) in [6.07, 6.45) is 1.39. The third-order valence-corrected chi connectivity index (χ3v) is 6.90. The molecule has 194 valence electrons. The van der Waals surface area contributed by atoms with Crippen molar-refractivity contribution in [2.45, 2.75) is 19.8 Å². The van der Waals surface area contributed by atoms with Crippen LogP contribution in [0.2, 0.25) is 5.02 Å². The van der Waals surface area contributed by atoms with Crippen LogP contribution in [0, 0.1) is 6.92 Å². The number of nitrogens with one attached hydrogen (secondary N) is 2. The first-order valence-electron chi connectivity index (χ1n) is 12.4. The molecule has 0 unspecified atom stereocenters. The minimum absolute atomic E-state index is 0.413. The molecule has 2 N–H and O–H groups in total. The molecule has 38 heavy (non-hydrogen) atoms. The molecule has 0 aliphatic heterocycles. The van der Waals surface area contributed by atoms with Crippen LogP contribution >= 0.6 is 11.6 Å². The van der Waals surface area contributed by atoms with Gasteiger partial charge in [0.2, 0.25) is 17.6 Å². The predicted octanol–water partition coefficient (Wildman–Crippen LogP) is 5.54. The summed E-state index contributed by atoms with van der Waals surface area (Å²) < 4.78 is 19.2. The van der Waals surface area contributed by atoms with E-state index in [0.29, 0.717) is 48.7 Å². The molecule has 0 saturated heterocycles. The second-order valence-electron chi connectivity index (χ2n) is 9.18. The van der Waals surface area contributed by atoms with Crippen LogP contribution < -0.4 is 14.2 Å². The summed E-state index contributed by atoms with van der Waals surface area (Å²) in [5.41, 5.74) is 8.72.